The molecule has 178 valence electrons. The number of hydrogen-bond donors (Lipinski definition) is 4. The minimum Gasteiger partial charge on any atom is -0.471 e. The van der Waals surface area contributed by atoms with Crippen LogP contribution in [0.1, 0.15) is 41.5 Å². The second-order valence-electron chi connectivity index (χ2n) is 8.16. The molecule has 1 fully saturated rings. The predicted octanol–water partition coefficient (Wildman–Crippen LogP) is 4.09. The second-order valence-corrected chi connectivity index (χ2v) is 8.94. The third kappa shape index (κ3) is 4.81. The third-order valence-corrected chi connectivity index (χ3v) is 6.72. The summed E-state index contributed by atoms with van der Waals surface area (Å²) in [5.41, 5.74) is 15.1. The number of ether oxygens (including phenoxy) is 1. The summed E-state index contributed by atoms with van der Waals surface area (Å²) in [7, 11) is 0. The Morgan fingerprint density at radius 1 is 1.26 bits per heavy atom. The first kappa shape index (κ1) is 24.2. The first-order valence-electron chi connectivity index (χ1n) is 10.8. The first-order chi connectivity index (χ1) is 16.3. The van der Waals surface area contributed by atoms with E-state index in [4.69, 9.17) is 44.8 Å². The number of benzene rings is 1. The number of pyridine rings is 2. The van der Waals surface area contributed by atoms with Gasteiger partial charge in [0.1, 0.15) is 11.6 Å². The van der Waals surface area contributed by atoms with Crippen molar-refractivity contribution < 1.29 is 9.84 Å². The summed E-state index contributed by atoms with van der Waals surface area (Å²) >= 11 is 12.6. The molecule has 2 atom stereocenters. The molecule has 34 heavy (non-hydrogen) atoms. The summed E-state index contributed by atoms with van der Waals surface area (Å²) in [5, 5.41) is 18.9. The Morgan fingerprint density at radius 2 is 2.06 bits per heavy atom. The van der Waals surface area contributed by atoms with Crippen LogP contribution in [0.3, 0.4) is 0 Å². The van der Waals surface area contributed by atoms with Gasteiger partial charge in [0.05, 0.1) is 34.1 Å². The molecule has 0 aliphatic carbocycles. The van der Waals surface area contributed by atoms with Crippen LogP contribution in [-0.2, 0) is 0 Å². The Bertz CT molecular complexity index is 1200. The fourth-order valence-corrected chi connectivity index (χ4v) is 4.61. The average Bonchev–Trinajstić information content (AvgIpc) is 3.31. The van der Waals surface area contributed by atoms with Crippen molar-refractivity contribution in [3.63, 3.8) is 0 Å². The van der Waals surface area contributed by atoms with Gasteiger partial charge < -0.3 is 20.5 Å². The number of halogens is 2. The summed E-state index contributed by atoms with van der Waals surface area (Å²) in [5.74, 6) is 1.20. The van der Waals surface area contributed by atoms with Crippen molar-refractivity contribution in [2.75, 3.05) is 23.8 Å². The topological polar surface area (TPSA) is 134 Å². The van der Waals surface area contributed by atoms with Crippen LogP contribution in [0.25, 0.3) is 0 Å². The molecule has 1 aliphatic heterocycles. The van der Waals surface area contributed by atoms with Crippen LogP contribution in [0.15, 0.2) is 42.7 Å². The lowest BCUT2D eigenvalue weighted by molar-refractivity contribution is 0.214. The molecule has 0 saturated carbocycles. The fraction of sp³-hybridized carbons (Fsp3) is 0.292. The second kappa shape index (κ2) is 10.1. The van der Waals surface area contributed by atoms with Gasteiger partial charge in [-0.3, -0.25) is 16.1 Å². The van der Waals surface area contributed by atoms with Crippen LogP contribution in [0, 0.1) is 12.3 Å². The van der Waals surface area contributed by atoms with Gasteiger partial charge in [-0.1, -0.05) is 23.2 Å². The highest BCUT2D eigenvalue weighted by atomic mass is 35.5. The van der Waals surface area contributed by atoms with E-state index in [-0.39, 0.29) is 18.4 Å². The molecule has 0 unspecified atom stereocenters. The van der Waals surface area contributed by atoms with Crippen LogP contribution < -0.4 is 21.1 Å². The predicted molar refractivity (Wildman–Crippen MR) is 135 cm³/mol. The van der Waals surface area contributed by atoms with E-state index in [1.165, 1.54) is 6.20 Å². The zero-order chi connectivity index (χ0) is 24.4. The maximum atomic E-state index is 9.57. The van der Waals surface area contributed by atoms with Gasteiger partial charge in [-0.05, 0) is 50.1 Å². The normalized spacial score (nSPS) is 16.5. The van der Waals surface area contributed by atoms with Gasteiger partial charge in [-0.25, -0.2) is 4.98 Å². The lowest BCUT2D eigenvalue weighted by Gasteiger charge is -2.24. The molecule has 0 spiro atoms. The van der Waals surface area contributed by atoms with Crippen LogP contribution in [0.5, 0.6) is 5.75 Å². The molecule has 4 rings (SSSR count). The van der Waals surface area contributed by atoms with E-state index in [0.29, 0.717) is 43.9 Å². The van der Waals surface area contributed by atoms with Crippen LogP contribution in [0.2, 0.25) is 10.0 Å². The highest BCUT2D eigenvalue weighted by Gasteiger charge is 2.25. The summed E-state index contributed by atoms with van der Waals surface area (Å²) in [6.07, 6.45) is 4.14. The Kier molecular flexibility index (Phi) is 7.23. The zero-order valence-electron chi connectivity index (χ0n) is 18.6. The molecule has 0 radical (unpaired) electrons. The summed E-state index contributed by atoms with van der Waals surface area (Å²) in [6.45, 7) is 2.71. The standard InChI is InChI=1S/C24H26Cl2N6O2/c1-13-22(26)21(18(25)11-30-13)24(29)34-16-5-6-19(27)17(9-16)23(28)14-4-7-20(31-10-14)32-8-2-3-15(32)12-33/h4-7,9-11,15,24,28,33H,2-3,8,12,27,29H2,1H3/t15-,24-/m0/s1. The number of nitrogens with one attached hydrogen (secondary N) is 1. The van der Waals surface area contributed by atoms with Crippen molar-refractivity contribution in [3.05, 3.63) is 75.2 Å². The molecule has 3 aromatic rings. The molecule has 2 aromatic heterocycles. The van der Waals surface area contributed by atoms with E-state index in [2.05, 4.69) is 14.9 Å². The molecule has 3 heterocycles. The molecule has 0 amide bonds. The molecule has 0 bridgehead atoms. The van der Waals surface area contributed by atoms with Crippen molar-refractivity contribution in [1.29, 1.82) is 5.41 Å². The number of nitrogens with zero attached hydrogens (tertiary/aromatic N) is 3. The number of anilines is 2. The smallest absolute Gasteiger partial charge is 0.177 e. The number of hydrogen-bond acceptors (Lipinski definition) is 8. The maximum absolute atomic E-state index is 9.57. The van der Waals surface area contributed by atoms with Gasteiger partial charge in [0.15, 0.2) is 6.23 Å². The van der Waals surface area contributed by atoms with Gasteiger partial charge in [0, 0.05) is 41.3 Å². The maximum Gasteiger partial charge on any atom is 0.177 e. The minimum absolute atomic E-state index is 0.0812. The quantitative estimate of drug-likeness (QED) is 0.218. The van der Waals surface area contributed by atoms with E-state index in [1.54, 1.807) is 31.3 Å². The van der Waals surface area contributed by atoms with Gasteiger partial charge in [-0.15, -0.1) is 0 Å². The largest absolute Gasteiger partial charge is 0.471 e. The van der Waals surface area contributed by atoms with Crippen LogP contribution >= 0.6 is 23.2 Å². The van der Waals surface area contributed by atoms with E-state index < -0.39 is 6.23 Å². The van der Waals surface area contributed by atoms with Gasteiger partial charge in [-0.2, -0.15) is 0 Å². The summed E-state index contributed by atoms with van der Waals surface area (Å²) < 4.78 is 5.89. The molecule has 10 heteroatoms. The molecular formula is C24H26Cl2N6O2. The van der Waals surface area contributed by atoms with Gasteiger partial charge in [0.2, 0.25) is 0 Å². The number of aliphatic hydroxyl groups is 1. The summed E-state index contributed by atoms with van der Waals surface area (Å²) in [6, 6.07) is 8.76. The van der Waals surface area contributed by atoms with Crippen molar-refractivity contribution in [1.82, 2.24) is 9.97 Å². The van der Waals surface area contributed by atoms with E-state index >= 15 is 0 Å². The Balaban J connectivity index is 1.55. The number of aromatic nitrogens is 2. The van der Waals surface area contributed by atoms with Crippen molar-refractivity contribution in [2.45, 2.75) is 32.0 Å². The molecule has 6 N–H and O–H groups in total. The average molecular weight is 501 g/mol. The van der Waals surface area contributed by atoms with Crippen molar-refractivity contribution >= 4 is 40.4 Å². The number of nitrogen functional groups attached to an aromatic ring is 1. The highest BCUT2D eigenvalue weighted by molar-refractivity contribution is 6.36. The van der Waals surface area contributed by atoms with Crippen molar-refractivity contribution in [2.24, 2.45) is 5.73 Å². The number of aliphatic hydroxyl groups excluding tert-OH is 1. The van der Waals surface area contributed by atoms with Crippen LogP contribution in [0.4, 0.5) is 11.5 Å². The molecule has 1 saturated heterocycles. The molecule has 1 aromatic carbocycles. The third-order valence-electron chi connectivity index (χ3n) is 5.94. The highest BCUT2D eigenvalue weighted by Crippen LogP contribution is 2.33. The van der Waals surface area contributed by atoms with Gasteiger partial charge >= 0.3 is 0 Å². The first-order valence-corrected chi connectivity index (χ1v) is 11.6. The Labute approximate surface area is 208 Å². The minimum atomic E-state index is -0.937. The fourth-order valence-electron chi connectivity index (χ4n) is 4.06. The van der Waals surface area contributed by atoms with E-state index in [1.807, 2.05) is 12.1 Å². The number of aryl methyl sites for hydroxylation is 1. The van der Waals surface area contributed by atoms with E-state index in [9.17, 15) is 5.11 Å². The molecular weight excluding hydrogens is 475 g/mol. The summed E-state index contributed by atoms with van der Waals surface area (Å²) in [4.78, 5) is 10.7. The van der Waals surface area contributed by atoms with E-state index in [0.717, 1.165) is 25.2 Å². The monoisotopic (exact) mass is 500 g/mol. The van der Waals surface area contributed by atoms with Crippen molar-refractivity contribution in [3.8, 4) is 5.75 Å². The lowest BCUT2D eigenvalue weighted by atomic mass is 10.0. The number of rotatable bonds is 7. The lowest BCUT2D eigenvalue weighted by Crippen LogP contribution is -2.32. The molecule has 8 nitrogen and oxygen atoms in total. The zero-order valence-corrected chi connectivity index (χ0v) is 20.1. The Hall–Kier alpha value is -2.91. The molecule has 1 aliphatic rings. The Morgan fingerprint density at radius 3 is 2.76 bits per heavy atom. The van der Waals surface area contributed by atoms with Gasteiger partial charge in [0.25, 0.3) is 0 Å². The number of nitrogens with two attached hydrogens (primary N) is 2. The SMILES string of the molecule is Cc1ncc(Cl)c([C@@H](N)Oc2ccc(N)c(C(=N)c3ccc(N4CCC[C@H]4CO)nc3)c2)c1Cl. The van der Waals surface area contributed by atoms with Crippen LogP contribution in [-0.4, -0.2) is 40.0 Å².